The lowest BCUT2D eigenvalue weighted by atomic mass is 9.77. The molecular formula is C13H25N3. The van der Waals surface area contributed by atoms with E-state index >= 15 is 0 Å². The van der Waals surface area contributed by atoms with Gasteiger partial charge in [-0.25, -0.2) is 0 Å². The summed E-state index contributed by atoms with van der Waals surface area (Å²) in [5, 5.41) is 3.56. The van der Waals surface area contributed by atoms with Crippen LogP contribution < -0.4 is 5.32 Å². The Labute approximate surface area is 99.2 Å². The van der Waals surface area contributed by atoms with Crippen LogP contribution in [0.4, 0.5) is 0 Å². The maximum atomic E-state index is 3.56. The van der Waals surface area contributed by atoms with Crippen molar-refractivity contribution in [3.8, 4) is 0 Å². The van der Waals surface area contributed by atoms with Crippen LogP contribution in [0.1, 0.15) is 32.1 Å². The van der Waals surface area contributed by atoms with Gasteiger partial charge in [0, 0.05) is 44.3 Å². The third-order valence-corrected chi connectivity index (χ3v) is 4.83. The molecule has 1 saturated carbocycles. The van der Waals surface area contributed by atoms with Crippen molar-refractivity contribution in [1.29, 1.82) is 0 Å². The van der Waals surface area contributed by atoms with Gasteiger partial charge in [-0.2, -0.15) is 0 Å². The molecule has 0 aromatic heterocycles. The summed E-state index contributed by atoms with van der Waals surface area (Å²) in [5.74, 6) is 0. The van der Waals surface area contributed by atoms with Crippen LogP contribution in [0.15, 0.2) is 0 Å². The fraction of sp³-hybridized carbons (Fsp3) is 1.00. The predicted molar refractivity (Wildman–Crippen MR) is 66.7 cm³/mol. The van der Waals surface area contributed by atoms with E-state index in [-0.39, 0.29) is 0 Å². The molecule has 3 heteroatoms. The van der Waals surface area contributed by atoms with Crippen LogP contribution in [-0.4, -0.2) is 61.2 Å². The summed E-state index contributed by atoms with van der Waals surface area (Å²) in [5.41, 5.74) is 0.540. The molecule has 0 bridgehead atoms. The minimum Gasteiger partial charge on any atom is -0.314 e. The van der Waals surface area contributed by atoms with Crippen LogP contribution >= 0.6 is 0 Å². The minimum atomic E-state index is 0.540. The predicted octanol–water partition coefficient (Wildman–Crippen LogP) is 0.908. The van der Waals surface area contributed by atoms with E-state index in [0.717, 1.165) is 6.04 Å². The Kier molecular flexibility index (Phi) is 2.94. The lowest BCUT2D eigenvalue weighted by Gasteiger charge is -2.57. The molecule has 0 radical (unpaired) electrons. The van der Waals surface area contributed by atoms with Gasteiger partial charge in [0.25, 0.3) is 0 Å². The number of piperazine rings is 2. The topological polar surface area (TPSA) is 18.5 Å². The Balaban J connectivity index is 1.82. The van der Waals surface area contributed by atoms with E-state index in [4.69, 9.17) is 0 Å². The van der Waals surface area contributed by atoms with Crippen molar-refractivity contribution in [1.82, 2.24) is 15.1 Å². The average Bonchev–Trinajstić information content (AvgIpc) is 2.30. The van der Waals surface area contributed by atoms with Gasteiger partial charge in [0.05, 0.1) is 0 Å². The van der Waals surface area contributed by atoms with Crippen molar-refractivity contribution >= 4 is 0 Å². The second-order valence-corrected chi connectivity index (χ2v) is 6.03. The lowest BCUT2D eigenvalue weighted by Crippen LogP contribution is -2.71. The molecule has 0 aromatic carbocycles. The van der Waals surface area contributed by atoms with Gasteiger partial charge in [-0.1, -0.05) is 19.3 Å². The van der Waals surface area contributed by atoms with Crippen molar-refractivity contribution in [2.75, 3.05) is 39.8 Å². The summed E-state index contributed by atoms with van der Waals surface area (Å²) in [6, 6.07) is 0.769. The number of fused-ring (bicyclic) bond motifs is 2. The first-order valence-electron chi connectivity index (χ1n) is 6.96. The number of hydrogen-bond donors (Lipinski definition) is 1. The van der Waals surface area contributed by atoms with Gasteiger partial charge in [-0.15, -0.1) is 0 Å². The number of nitrogens with one attached hydrogen (secondary N) is 1. The lowest BCUT2D eigenvalue weighted by molar-refractivity contribution is -0.0659. The Morgan fingerprint density at radius 2 is 2.00 bits per heavy atom. The second kappa shape index (κ2) is 4.28. The highest BCUT2D eigenvalue weighted by molar-refractivity contribution is 5.03. The summed E-state index contributed by atoms with van der Waals surface area (Å²) in [6.07, 6.45) is 7.23. The maximum absolute atomic E-state index is 3.56. The summed E-state index contributed by atoms with van der Waals surface area (Å²) in [4.78, 5) is 5.43. The molecule has 0 aromatic rings. The van der Waals surface area contributed by atoms with Gasteiger partial charge in [-0.05, 0) is 19.9 Å². The smallest absolute Gasteiger partial charge is 0.0354 e. The van der Waals surface area contributed by atoms with E-state index in [1.165, 1.54) is 64.8 Å². The van der Waals surface area contributed by atoms with Gasteiger partial charge in [-0.3, -0.25) is 4.90 Å². The molecule has 2 aliphatic heterocycles. The van der Waals surface area contributed by atoms with E-state index in [9.17, 15) is 0 Å². The first kappa shape index (κ1) is 11.0. The van der Waals surface area contributed by atoms with Crippen molar-refractivity contribution < 1.29 is 0 Å². The molecule has 3 rings (SSSR count). The third-order valence-electron chi connectivity index (χ3n) is 4.83. The average molecular weight is 223 g/mol. The molecule has 1 unspecified atom stereocenters. The molecule has 3 aliphatic rings. The zero-order valence-corrected chi connectivity index (χ0v) is 10.5. The summed E-state index contributed by atoms with van der Waals surface area (Å²) < 4.78 is 0. The summed E-state index contributed by atoms with van der Waals surface area (Å²) in [6.45, 7) is 6.24. The third kappa shape index (κ3) is 1.79. The quantitative estimate of drug-likeness (QED) is 0.658. The van der Waals surface area contributed by atoms with E-state index in [0.29, 0.717) is 5.54 Å². The molecule has 1 atom stereocenters. The van der Waals surface area contributed by atoms with Crippen molar-refractivity contribution in [3.63, 3.8) is 0 Å². The molecule has 92 valence electrons. The van der Waals surface area contributed by atoms with Crippen LogP contribution in [0.5, 0.6) is 0 Å². The van der Waals surface area contributed by atoms with E-state index in [1.807, 2.05) is 0 Å². The Bertz CT molecular complexity index is 248. The molecule has 2 saturated heterocycles. The first-order chi connectivity index (χ1) is 7.80. The zero-order chi connectivity index (χ0) is 11.0. The number of rotatable bonds is 0. The van der Waals surface area contributed by atoms with E-state index in [1.54, 1.807) is 0 Å². The summed E-state index contributed by atoms with van der Waals surface area (Å²) in [7, 11) is 2.31. The Morgan fingerprint density at radius 1 is 1.19 bits per heavy atom. The van der Waals surface area contributed by atoms with Crippen molar-refractivity contribution in [2.24, 2.45) is 0 Å². The molecule has 3 fully saturated rings. The van der Waals surface area contributed by atoms with Crippen molar-refractivity contribution in [3.05, 3.63) is 0 Å². The highest BCUT2D eigenvalue weighted by Crippen LogP contribution is 2.38. The minimum absolute atomic E-state index is 0.540. The van der Waals surface area contributed by atoms with Gasteiger partial charge < -0.3 is 10.2 Å². The highest BCUT2D eigenvalue weighted by atomic mass is 15.4. The SMILES string of the molecule is CN1CC2CNCCN2C2(CCCCC2)C1. The molecule has 16 heavy (non-hydrogen) atoms. The Hall–Kier alpha value is -0.120. The first-order valence-corrected chi connectivity index (χ1v) is 6.96. The van der Waals surface area contributed by atoms with Crippen LogP contribution in [0.3, 0.4) is 0 Å². The maximum Gasteiger partial charge on any atom is 0.0354 e. The number of likely N-dealkylation sites (N-methyl/N-ethyl adjacent to an activating group) is 1. The van der Waals surface area contributed by atoms with Gasteiger partial charge in [0.1, 0.15) is 0 Å². The van der Waals surface area contributed by atoms with Gasteiger partial charge in [0.15, 0.2) is 0 Å². The van der Waals surface area contributed by atoms with E-state index in [2.05, 4.69) is 22.2 Å². The Morgan fingerprint density at radius 3 is 2.81 bits per heavy atom. The second-order valence-electron chi connectivity index (χ2n) is 6.03. The van der Waals surface area contributed by atoms with Gasteiger partial charge >= 0.3 is 0 Å². The molecule has 1 aliphatic carbocycles. The largest absolute Gasteiger partial charge is 0.314 e. The highest BCUT2D eigenvalue weighted by Gasteiger charge is 2.46. The zero-order valence-electron chi connectivity index (χ0n) is 10.5. The fourth-order valence-corrected chi connectivity index (χ4v) is 4.22. The number of hydrogen-bond acceptors (Lipinski definition) is 3. The molecule has 2 heterocycles. The van der Waals surface area contributed by atoms with Gasteiger partial charge in [0.2, 0.25) is 0 Å². The molecule has 0 amide bonds. The molecule has 3 nitrogen and oxygen atoms in total. The van der Waals surface area contributed by atoms with Crippen LogP contribution in [0.2, 0.25) is 0 Å². The summed E-state index contributed by atoms with van der Waals surface area (Å²) >= 11 is 0. The molecular weight excluding hydrogens is 198 g/mol. The number of nitrogens with zero attached hydrogens (tertiary/aromatic N) is 2. The fourth-order valence-electron chi connectivity index (χ4n) is 4.22. The van der Waals surface area contributed by atoms with Crippen LogP contribution in [0.25, 0.3) is 0 Å². The van der Waals surface area contributed by atoms with E-state index < -0.39 is 0 Å². The normalized spacial score (nSPS) is 36.2. The van der Waals surface area contributed by atoms with Crippen molar-refractivity contribution in [2.45, 2.75) is 43.7 Å². The molecule has 1 N–H and O–H groups in total. The monoisotopic (exact) mass is 223 g/mol. The van der Waals surface area contributed by atoms with Crippen LogP contribution in [-0.2, 0) is 0 Å². The molecule has 1 spiro atoms. The van der Waals surface area contributed by atoms with Crippen LogP contribution in [0, 0.1) is 0 Å². The standard InChI is InChI=1S/C13H25N3/c1-15-10-12-9-14-7-8-16(12)13(11-15)5-3-2-4-6-13/h12,14H,2-11H2,1H3.